The summed E-state index contributed by atoms with van der Waals surface area (Å²) < 4.78 is 0. The highest BCUT2D eigenvalue weighted by molar-refractivity contribution is 5.85. The summed E-state index contributed by atoms with van der Waals surface area (Å²) in [6.45, 7) is 0.563. The second-order valence-electron chi connectivity index (χ2n) is 4.77. The normalized spacial score (nSPS) is 17.1. The minimum Gasteiger partial charge on any atom is -0.354 e. The number of rotatable bonds is 4. The Bertz CT molecular complexity index is 444. The maximum Gasteiger partial charge on any atom is 0.240 e. The van der Waals surface area contributed by atoms with Gasteiger partial charge in [0.1, 0.15) is 5.41 Å². The van der Waals surface area contributed by atoms with Gasteiger partial charge in [0.2, 0.25) is 5.91 Å². The third kappa shape index (κ3) is 2.67. The SMILES string of the molecule is N#CC1(C(=O)NCCc2cccnc2)CCCC1. The van der Waals surface area contributed by atoms with Crippen molar-refractivity contribution in [3.63, 3.8) is 0 Å². The number of aromatic nitrogens is 1. The predicted octanol–water partition coefficient (Wildman–Crippen LogP) is 1.82. The molecule has 0 bridgehead atoms. The number of nitrogens with zero attached hydrogens (tertiary/aromatic N) is 2. The second-order valence-corrected chi connectivity index (χ2v) is 4.77. The molecule has 94 valence electrons. The van der Waals surface area contributed by atoms with Crippen molar-refractivity contribution in [3.05, 3.63) is 30.1 Å². The molecule has 4 nitrogen and oxygen atoms in total. The molecule has 1 amide bonds. The van der Waals surface area contributed by atoms with Crippen LogP contribution in [0.1, 0.15) is 31.2 Å². The number of carbonyl (C=O) groups is 1. The van der Waals surface area contributed by atoms with Gasteiger partial charge in [-0.3, -0.25) is 9.78 Å². The number of amides is 1. The number of hydrogen-bond acceptors (Lipinski definition) is 3. The van der Waals surface area contributed by atoms with Crippen LogP contribution in [0.5, 0.6) is 0 Å². The van der Waals surface area contributed by atoms with Gasteiger partial charge in [-0.2, -0.15) is 5.26 Å². The summed E-state index contributed by atoms with van der Waals surface area (Å²) in [6.07, 6.45) is 7.62. The molecule has 1 aliphatic carbocycles. The van der Waals surface area contributed by atoms with Gasteiger partial charge in [-0.05, 0) is 30.9 Å². The van der Waals surface area contributed by atoms with E-state index in [0.29, 0.717) is 19.4 Å². The van der Waals surface area contributed by atoms with Crippen molar-refractivity contribution in [3.8, 4) is 6.07 Å². The molecule has 0 saturated heterocycles. The standard InChI is InChI=1S/C14H17N3O/c15-11-14(6-1-2-7-14)13(18)17-9-5-12-4-3-8-16-10-12/h3-4,8,10H,1-2,5-7,9H2,(H,17,18). The van der Waals surface area contributed by atoms with E-state index in [1.165, 1.54) is 0 Å². The lowest BCUT2D eigenvalue weighted by Gasteiger charge is -2.19. The Hall–Kier alpha value is -1.89. The quantitative estimate of drug-likeness (QED) is 0.877. The van der Waals surface area contributed by atoms with Crippen molar-refractivity contribution in [2.75, 3.05) is 6.54 Å². The Balaban J connectivity index is 1.84. The fourth-order valence-electron chi connectivity index (χ4n) is 2.40. The lowest BCUT2D eigenvalue weighted by molar-refractivity contribution is -0.127. The Morgan fingerprint density at radius 3 is 2.89 bits per heavy atom. The number of hydrogen-bond donors (Lipinski definition) is 1. The van der Waals surface area contributed by atoms with E-state index in [1.54, 1.807) is 12.4 Å². The minimum atomic E-state index is -0.769. The topological polar surface area (TPSA) is 65.8 Å². The van der Waals surface area contributed by atoms with E-state index >= 15 is 0 Å². The van der Waals surface area contributed by atoms with Crippen LogP contribution in [-0.4, -0.2) is 17.4 Å². The van der Waals surface area contributed by atoms with Crippen molar-refractivity contribution in [1.82, 2.24) is 10.3 Å². The molecular formula is C14H17N3O. The molecular weight excluding hydrogens is 226 g/mol. The van der Waals surface area contributed by atoms with E-state index < -0.39 is 5.41 Å². The van der Waals surface area contributed by atoms with Gasteiger partial charge in [-0.1, -0.05) is 18.9 Å². The van der Waals surface area contributed by atoms with Crippen LogP contribution in [0.2, 0.25) is 0 Å². The average molecular weight is 243 g/mol. The third-order valence-corrected chi connectivity index (χ3v) is 3.53. The summed E-state index contributed by atoms with van der Waals surface area (Å²) >= 11 is 0. The summed E-state index contributed by atoms with van der Waals surface area (Å²) in [5.74, 6) is -0.105. The van der Waals surface area contributed by atoms with Crippen molar-refractivity contribution >= 4 is 5.91 Å². The largest absolute Gasteiger partial charge is 0.354 e. The number of nitriles is 1. The molecule has 0 aliphatic heterocycles. The molecule has 0 radical (unpaired) electrons. The molecule has 1 heterocycles. The van der Waals surface area contributed by atoms with E-state index in [1.807, 2.05) is 12.1 Å². The first-order valence-electron chi connectivity index (χ1n) is 6.35. The predicted molar refractivity (Wildman–Crippen MR) is 67.5 cm³/mol. The van der Waals surface area contributed by atoms with Crippen LogP contribution in [0.15, 0.2) is 24.5 Å². The van der Waals surface area contributed by atoms with E-state index in [4.69, 9.17) is 0 Å². The van der Waals surface area contributed by atoms with E-state index in [0.717, 1.165) is 24.8 Å². The third-order valence-electron chi connectivity index (χ3n) is 3.53. The van der Waals surface area contributed by atoms with Crippen LogP contribution < -0.4 is 5.32 Å². The Labute approximate surface area is 107 Å². The van der Waals surface area contributed by atoms with E-state index in [9.17, 15) is 10.1 Å². The zero-order valence-electron chi connectivity index (χ0n) is 10.4. The lowest BCUT2D eigenvalue weighted by atomic mass is 9.87. The zero-order valence-corrected chi connectivity index (χ0v) is 10.4. The molecule has 4 heteroatoms. The number of pyridine rings is 1. The van der Waals surface area contributed by atoms with Gasteiger partial charge in [-0.25, -0.2) is 0 Å². The van der Waals surface area contributed by atoms with Crippen LogP contribution in [0, 0.1) is 16.7 Å². The monoisotopic (exact) mass is 243 g/mol. The summed E-state index contributed by atoms with van der Waals surface area (Å²) in [7, 11) is 0. The van der Waals surface area contributed by atoms with Gasteiger partial charge in [0.05, 0.1) is 6.07 Å². The van der Waals surface area contributed by atoms with Crippen LogP contribution in [0.4, 0.5) is 0 Å². The van der Waals surface area contributed by atoms with Crippen molar-refractivity contribution in [1.29, 1.82) is 5.26 Å². The van der Waals surface area contributed by atoms with Crippen LogP contribution in [-0.2, 0) is 11.2 Å². The Morgan fingerprint density at radius 1 is 1.50 bits per heavy atom. The Kier molecular flexibility index (Phi) is 3.93. The first kappa shape index (κ1) is 12.6. The van der Waals surface area contributed by atoms with E-state index in [2.05, 4.69) is 16.4 Å². The van der Waals surface area contributed by atoms with Gasteiger partial charge < -0.3 is 5.32 Å². The zero-order chi connectivity index (χ0) is 12.8. The summed E-state index contributed by atoms with van der Waals surface area (Å²) in [5, 5.41) is 12.1. The molecule has 0 spiro atoms. The van der Waals surface area contributed by atoms with Gasteiger partial charge in [0.15, 0.2) is 0 Å². The summed E-state index contributed by atoms with van der Waals surface area (Å²) in [5.41, 5.74) is 0.324. The van der Waals surface area contributed by atoms with Crippen LogP contribution >= 0.6 is 0 Å². The van der Waals surface area contributed by atoms with Gasteiger partial charge in [0.25, 0.3) is 0 Å². The van der Waals surface area contributed by atoms with Gasteiger partial charge in [-0.15, -0.1) is 0 Å². The van der Waals surface area contributed by atoms with Crippen molar-refractivity contribution < 1.29 is 4.79 Å². The minimum absolute atomic E-state index is 0.105. The van der Waals surface area contributed by atoms with Crippen LogP contribution in [0.3, 0.4) is 0 Å². The molecule has 1 saturated carbocycles. The second kappa shape index (κ2) is 5.63. The Morgan fingerprint density at radius 2 is 2.28 bits per heavy atom. The molecule has 1 aromatic heterocycles. The maximum absolute atomic E-state index is 12.0. The smallest absolute Gasteiger partial charge is 0.240 e. The van der Waals surface area contributed by atoms with Crippen molar-refractivity contribution in [2.45, 2.75) is 32.1 Å². The fourth-order valence-corrected chi connectivity index (χ4v) is 2.40. The molecule has 1 aromatic rings. The molecule has 0 atom stereocenters. The fraction of sp³-hybridized carbons (Fsp3) is 0.500. The van der Waals surface area contributed by atoms with E-state index in [-0.39, 0.29) is 5.91 Å². The highest BCUT2D eigenvalue weighted by Gasteiger charge is 2.41. The van der Waals surface area contributed by atoms with Crippen molar-refractivity contribution in [2.24, 2.45) is 5.41 Å². The highest BCUT2D eigenvalue weighted by atomic mass is 16.2. The molecule has 18 heavy (non-hydrogen) atoms. The lowest BCUT2D eigenvalue weighted by Crippen LogP contribution is -2.39. The summed E-state index contributed by atoms with van der Waals surface area (Å²) in [4.78, 5) is 16.1. The molecule has 1 N–H and O–H groups in total. The maximum atomic E-state index is 12.0. The average Bonchev–Trinajstić information content (AvgIpc) is 2.90. The number of carbonyl (C=O) groups excluding carboxylic acids is 1. The number of nitrogens with one attached hydrogen (secondary N) is 1. The molecule has 1 fully saturated rings. The molecule has 0 aromatic carbocycles. The first-order chi connectivity index (χ1) is 8.77. The van der Waals surface area contributed by atoms with Crippen LogP contribution in [0.25, 0.3) is 0 Å². The van der Waals surface area contributed by atoms with Gasteiger partial charge >= 0.3 is 0 Å². The first-order valence-corrected chi connectivity index (χ1v) is 6.35. The molecule has 0 unspecified atom stereocenters. The summed E-state index contributed by atoms with van der Waals surface area (Å²) in [6, 6.07) is 6.06. The highest BCUT2D eigenvalue weighted by Crippen LogP contribution is 2.37. The molecule has 1 aliphatic rings. The van der Waals surface area contributed by atoms with Gasteiger partial charge in [0, 0.05) is 18.9 Å². The molecule has 2 rings (SSSR count).